The molecule has 0 radical (unpaired) electrons. The molecule has 0 fully saturated rings. The number of fused-ring (bicyclic) bond motifs is 3. The van der Waals surface area contributed by atoms with Crippen LogP contribution < -0.4 is 0 Å². The second-order valence-electron chi connectivity index (χ2n) is 13.7. The van der Waals surface area contributed by atoms with E-state index in [1.807, 2.05) is 30.3 Å². The van der Waals surface area contributed by atoms with E-state index in [0.717, 1.165) is 89.2 Å². The van der Waals surface area contributed by atoms with Gasteiger partial charge in [-0.05, 0) is 64.7 Å². The molecule has 0 unspecified atom stereocenters. The van der Waals surface area contributed by atoms with Crippen molar-refractivity contribution in [3.05, 3.63) is 206 Å². The van der Waals surface area contributed by atoms with Crippen molar-refractivity contribution in [1.82, 2.24) is 19.5 Å². The molecule has 4 nitrogen and oxygen atoms in total. The number of hydrogen-bond donors (Lipinski definition) is 0. The fourth-order valence-electron chi connectivity index (χ4n) is 7.55. The van der Waals surface area contributed by atoms with Crippen molar-refractivity contribution in [2.24, 2.45) is 0 Å². The predicted octanol–water partition coefficient (Wildman–Crippen LogP) is 13.0. The molecular weight excluding hydrogens is 669 g/mol. The van der Waals surface area contributed by atoms with Gasteiger partial charge in [-0.15, -0.1) is 0 Å². The van der Waals surface area contributed by atoms with E-state index in [-0.39, 0.29) is 0 Å². The Morgan fingerprint density at radius 3 is 1.53 bits per heavy atom. The lowest BCUT2D eigenvalue weighted by Crippen LogP contribution is -1.99. The van der Waals surface area contributed by atoms with Gasteiger partial charge in [0, 0.05) is 33.3 Å². The van der Waals surface area contributed by atoms with Crippen LogP contribution in [0.25, 0.3) is 95.0 Å². The van der Waals surface area contributed by atoms with Crippen LogP contribution in [0.2, 0.25) is 0 Å². The van der Waals surface area contributed by atoms with E-state index in [1.54, 1.807) is 0 Å². The van der Waals surface area contributed by atoms with Gasteiger partial charge in [-0.2, -0.15) is 0 Å². The van der Waals surface area contributed by atoms with Gasteiger partial charge in [-0.3, -0.25) is 4.57 Å². The van der Waals surface area contributed by atoms with E-state index in [4.69, 9.17) is 15.0 Å². The topological polar surface area (TPSA) is 43.6 Å². The molecule has 258 valence electrons. The zero-order valence-corrected chi connectivity index (χ0v) is 29.9. The Morgan fingerprint density at radius 1 is 0.327 bits per heavy atom. The van der Waals surface area contributed by atoms with E-state index < -0.39 is 0 Å². The maximum Gasteiger partial charge on any atom is 0.162 e. The van der Waals surface area contributed by atoms with Gasteiger partial charge in [0.1, 0.15) is 5.65 Å². The minimum atomic E-state index is 0.689. The molecule has 3 heterocycles. The Bertz CT molecular complexity index is 2900. The lowest BCUT2D eigenvalue weighted by molar-refractivity contribution is 1.11. The largest absolute Gasteiger partial charge is 0.294 e. The van der Waals surface area contributed by atoms with Crippen LogP contribution in [-0.2, 0) is 0 Å². The Hall–Kier alpha value is -7.43. The van der Waals surface area contributed by atoms with E-state index in [0.29, 0.717) is 5.82 Å². The summed E-state index contributed by atoms with van der Waals surface area (Å²) in [4.78, 5) is 15.8. The monoisotopic (exact) mass is 702 g/mol. The molecule has 0 aliphatic carbocycles. The number of rotatable bonds is 7. The number of nitrogens with zero attached hydrogens (tertiary/aromatic N) is 4. The molecule has 0 spiro atoms. The third-order valence-corrected chi connectivity index (χ3v) is 10.2. The van der Waals surface area contributed by atoms with E-state index in [9.17, 15) is 0 Å². The fraction of sp³-hybridized carbons (Fsp3) is 0. The smallest absolute Gasteiger partial charge is 0.162 e. The van der Waals surface area contributed by atoms with Gasteiger partial charge in [0.15, 0.2) is 5.82 Å². The average Bonchev–Trinajstić information content (AvgIpc) is 3.61. The highest BCUT2D eigenvalue weighted by molar-refractivity contribution is 6.14. The number of pyridine rings is 1. The Balaban J connectivity index is 1.14. The van der Waals surface area contributed by atoms with Crippen molar-refractivity contribution in [2.75, 3.05) is 0 Å². The highest BCUT2D eigenvalue weighted by Crippen LogP contribution is 2.39. The van der Waals surface area contributed by atoms with Crippen LogP contribution in [0, 0.1) is 0 Å². The van der Waals surface area contributed by atoms with Gasteiger partial charge in [0.25, 0.3) is 0 Å². The van der Waals surface area contributed by atoms with Crippen LogP contribution in [-0.4, -0.2) is 19.5 Å². The maximum atomic E-state index is 5.34. The first-order chi connectivity index (χ1) is 27.3. The SMILES string of the molecule is c1ccc(-c2cc(-c3ccccc3)nc(-c3cccc(-c4cccc(-c5nc(-c6ccccc6)nc6c5c5ccccc5n6-c5ccccc5)c4)c3)c2)cc1. The predicted molar refractivity (Wildman–Crippen MR) is 227 cm³/mol. The van der Waals surface area contributed by atoms with Gasteiger partial charge in [-0.25, -0.2) is 15.0 Å². The van der Waals surface area contributed by atoms with Gasteiger partial charge >= 0.3 is 0 Å². The molecule has 0 amide bonds. The summed E-state index contributed by atoms with van der Waals surface area (Å²) in [6.45, 7) is 0. The minimum Gasteiger partial charge on any atom is -0.294 e. The third kappa shape index (κ3) is 6.06. The van der Waals surface area contributed by atoms with Crippen molar-refractivity contribution in [3.63, 3.8) is 0 Å². The fourth-order valence-corrected chi connectivity index (χ4v) is 7.55. The summed E-state index contributed by atoms with van der Waals surface area (Å²) in [5, 5.41) is 2.14. The summed E-state index contributed by atoms with van der Waals surface area (Å²) >= 11 is 0. The van der Waals surface area contributed by atoms with Crippen molar-refractivity contribution in [3.8, 4) is 73.1 Å². The molecule has 0 N–H and O–H groups in total. The summed E-state index contributed by atoms with van der Waals surface area (Å²) in [6.07, 6.45) is 0. The molecule has 0 aliphatic rings. The molecule has 55 heavy (non-hydrogen) atoms. The zero-order valence-electron chi connectivity index (χ0n) is 29.9. The first kappa shape index (κ1) is 32.2. The molecule has 7 aromatic carbocycles. The zero-order chi connectivity index (χ0) is 36.6. The molecule has 3 aromatic heterocycles. The van der Waals surface area contributed by atoms with Crippen LogP contribution >= 0.6 is 0 Å². The summed E-state index contributed by atoms with van der Waals surface area (Å²) in [5.41, 5.74) is 14.4. The van der Waals surface area contributed by atoms with Crippen molar-refractivity contribution in [1.29, 1.82) is 0 Å². The number of benzene rings is 7. The number of para-hydroxylation sites is 2. The normalized spacial score (nSPS) is 11.3. The minimum absolute atomic E-state index is 0.689. The quantitative estimate of drug-likeness (QED) is 0.166. The molecule has 10 aromatic rings. The highest BCUT2D eigenvalue weighted by atomic mass is 15.1. The summed E-state index contributed by atoms with van der Waals surface area (Å²) in [5.74, 6) is 0.689. The van der Waals surface area contributed by atoms with E-state index in [2.05, 4.69) is 180 Å². The second-order valence-corrected chi connectivity index (χ2v) is 13.7. The summed E-state index contributed by atoms with van der Waals surface area (Å²) in [6, 6.07) is 72.0. The number of hydrogen-bond acceptors (Lipinski definition) is 3. The van der Waals surface area contributed by atoms with Gasteiger partial charge < -0.3 is 0 Å². The Labute approximate surface area is 319 Å². The first-order valence-corrected chi connectivity index (χ1v) is 18.5. The maximum absolute atomic E-state index is 5.34. The van der Waals surface area contributed by atoms with Crippen molar-refractivity contribution in [2.45, 2.75) is 0 Å². The van der Waals surface area contributed by atoms with E-state index >= 15 is 0 Å². The second kappa shape index (κ2) is 13.8. The number of aromatic nitrogens is 4. The van der Waals surface area contributed by atoms with Crippen LogP contribution in [0.4, 0.5) is 0 Å². The highest BCUT2D eigenvalue weighted by Gasteiger charge is 2.21. The lowest BCUT2D eigenvalue weighted by Gasteiger charge is -2.13. The molecule has 0 aliphatic heterocycles. The van der Waals surface area contributed by atoms with Gasteiger partial charge in [0.05, 0.1) is 28.0 Å². The van der Waals surface area contributed by atoms with Crippen LogP contribution in [0.1, 0.15) is 0 Å². The lowest BCUT2D eigenvalue weighted by atomic mass is 9.96. The molecule has 0 saturated carbocycles. The van der Waals surface area contributed by atoms with E-state index in [1.165, 1.54) is 0 Å². The summed E-state index contributed by atoms with van der Waals surface area (Å²) < 4.78 is 2.26. The molecular formula is C51H34N4. The van der Waals surface area contributed by atoms with Crippen molar-refractivity contribution >= 4 is 21.9 Å². The third-order valence-electron chi connectivity index (χ3n) is 10.2. The van der Waals surface area contributed by atoms with Crippen LogP contribution in [0.5, 0.6) is 0 Å². The van der Waals surface area contributed by atoms with Gasteiger partial charge in [-0.1, -0.05) is 164 Å². The summed E-state index contributed by atoms with van der Waals surface area (Å²) in [7, 11) is 0. The molecule has 10 rings (SSSR count). The standard InChI is InChI=1S/C51H34N4/c1-5-17-35(18-6-1)42-33-45(36-19-7-2-8-20-36)52-46(34-42)40-25-15-23-38(31-40)39-24-16-26-41(32-39)49-48-44-29-13-14-30-47(44)55(43-27-11-4-12-28-43)51(48)54-50(53-49)37-21-9-3-10-22-37/h1-34H. The molecule has 4 heteroatoms. The van der Waals surface area contributed by atoms with Crippen LogP contribution in [0.15, 0.2) is 206 Å². The van der Waals surface area contributed by atoms with Crippen LogP contribution in [0.3, 0.4) is 0 Å². The first-order valence-electron chi connectivity index (χ1n) is 18.5. The molecule has 0 atom stereocenters. The molecule has 0 saturated heterocycles. The van der Waals surface area contributed by atoms with Gasteiger partial charge in [0.2, 0.25) is 0 Å². The Kier molecular flexibility index (Phi) is 8.12. The Morgan fingerprint density at radius 2 is 0.836 bits per heavy atom. The average molecular weight is 703 g/mol. The molecule has 0 bridgehead atoms. The van der Waals surface area contributed by atoms with Crippen molar-refractivity contribution < 1.29 is 0 Å².